The molecule has 0 saturated heterocycles. The molecule has 2 rings (SSSR count). The van der Waals surface area contributed by atoms with Gasteiger partial charge < -0.3 is 5.11 Å². The maximum absolute atomic E-state index is 9.59. The second-order valence-electron chi connectivity index (χ2n) is 3.42. The molecular weight excluding hydrogens is 346 g/mol. The molecular formula is C13H9Br2NO. The largest absolute Gasteiger partial charge is 0.506 e. The van der Waals surface area contributed by atoms with E-state index in [9.17, 15) is 5.11 Å². The van der Waals surface area contributed by atoms with Crippen molar-refractivity contribution in [2.45, 2.75) is 0 Å². The smallest absolute Gasteiger partial charge is 0.143 e. The lowest BCUT2D eigenvalue weighted by Crippen LogP contribution is -1.79. The molecule has 0 spiro atoms. The summed E-state index contributed by atoms with van der Waals surface area (Å²) in [6.07, 6.45) is 5.62. The van der Waals surface area contributed by atoms with Crippen molar-refractivity contribution in [2.75, 3.05) is 0 Å². The van der Waals surface area contributed by atoms with Crippen molar-refractivity contribution in [3.8, 4) is 5.75 Å². The van der Waals surface area contributed by atoms with Crippen molar-refractivity contribution in [1.29, 1.82) is 0 Å². The predicted molar refractivity (Wildman–Crippen MR) is 76.7 cm³/mol. The Labute approximate surface area is 116 Å². The van der Waals surface area contributed by atoms with Crippen LogP contribution in [0.25, 0.3) is 12.2 Å². The van der Waals surface area contributed by atoms with Gasteiger partial charge in [0.05, 0.1) is 14.6 Å². The van der Waals surface area contributed by atoms with Crippen LogP contribution in [0.1, 0.15) is 11.3 Å². The Morgan fingerprint density at radius 1 is 1.06 bits per heavy atom. The minimum Gasteiger partial charge on any atom is -0.506 e. The number of hydrogen-bond donors (Lipinski definition) is 1. The first kappa shape index (κ1) is 12.3. The highest BCUT2D eigenvalue weighted by Gasteiger charge is 2.03. The zero-order chi connectivity index (χ0) is 12.3. The van der Waals surface area contributed by atoms with Gasteiger partial charge in [-0.3, -0.25) is 4.98 Å². The minimum absolute atomic E-state index is 0.208. The van der Waals surface area contributed by atoms with Gasteiger partial charge in [-0.05, 0) is 67.8 Å². The molecule has 17 heavy (non-hydrogen) atoms. The van der Waals surface area contributed by atoms with Gasteiger partial charge in [0.1, 0.15) is 5.75 Å². The summed E-state index contributed by atoms with van der Waals surface area (Å²) in [5.74, 6) is 0.208. The Morgan fingerprint density at radius 2 is 1.76 bits per heavy atom. The second-order valence-corrected chi connectivity index (χ2v) is 5.13. The minimum atomic E-state index is 0.208. The van der Waals surface area contributed by atoms with Crippen molar-refractivity contribution in [2.24, 2.45) is 0 Å². The summed E-state index contributed by atoms with van der Waals surface area (Å²) in [7, 11) is 0. The van der Waals surface area contributed by atoms with E-state index in [2.05, 4.69) is 36.8 Å². The number of benzene rings is 1. The van der Waals surface area contributed by atoms with Gasteiger partial charge in [-0.25, -0.2) is 0 Å². The fourth-order valence-electron chi connectivity index (χ4n) is 1.34. The number of aromatic nitrogens is 1. The Balaban J connectivity index is 2.28. The summed E-state index contributed by atoms with van der Waals surface area (Å²) in [6.45, 7) is 0. The van der Waals surface area contributed by atoms with Gasteiger partial charge in [-0.1, -0.05) is 12.1 Å². The van der Waals surface area contributed by atoms with Gasteiger partial charge >= 0.3 is 0 Å². The molecule has 0 fully saturated rings. The molecule has 0 saturated carbocycles. The number of phenols is 1. The summed E-state index contributed by atoms with van der Waals surface area (Å²) in [5, 5.41) is 9.59. The maximum atomic E-state index is 9.59. The van der Waals surface area contributed by atoms with Crippen LogP contribution in [0.5, 0.6) is 5.75 Å². The highest BCUT2D eigenvalue weighted by Crippen LogP contribution is 2.33. The van der Waals surface area contributed by atoms with Crippen LogP contribution >= 0.6 is 31.9 Å². The quantitative estimate of drug-likeness (QED) is 0.862. The Bertz CT molecular complexity index is 530. The van der Waals surface area contributed by atoms with Crippen molar-refractivity contribution in [3.63, 3.8) is 0 Å². The third-order valence-corrected chi connectivity index (χ3v) is 3.38. The van der Waals surface area contributed by atoms with E-state index < -0.39 is 0 Å². The van der Waals surface area contributed by atoms with Crippen LogP contribution in [-0.2, 0) is 0 Å². The van der Waals surface area contributed by atoms with Crippen LogP contribution in [0.15, 0.2) is 45.5 Å². The Hall–Kier alpha value is -1.13. The Kier molecular flexibility index (Phi) is 3.97. The zero-order valence-electron chi connectivity index (χ0n) is 8.77. The fourth-order valence-corrected chi connectivity index (χ4v) is 2.56. The van der Waals surface area contributed by atoms with E-state index >= 15 is 0 Å². The molecule has 0 unspecified atom stereocenters. The van der Waals surface area contributed by atoms with Gasteiger partial charge in [0.2, 0.25) is 0 Å². The number of pyridine rings is 1. The first-order valence-electron chi connectivity index (χ1n) is 4.94. The summed E-state index contributed by atoms with van der Waals surface area (Å²) in [5.41, 5.74) is 1.88. The molecule has 2 aromatic rings. The highest BCUT2D eigenvalue weighted by molar-refractivity contribution is 9.11. The van der Waals surface area contributed by atoms with E-state index in [-0.39, 0.29) is 5.75 Å². The average Bonchev–Trinajstić information content (AvgIpc) is 2.34. The maximum Gasteiger partial charge on any atom is 0.143 e. The third-order valence-electron chi connectivity index (χ3n) is 2.17. The molecule has 0 radical (unpaired) electrons. The summed E-state index contributed by atoms with van der Waals surface area (Å²) in [4.78, 5) is 4.20. The highest BCUT2D eigenvalue weighted by atomic mass is 79.9. The van der Waals surface area contributed by atoms with E-state index in [0.717, 1.165) is 11.3 Å². The van der Waals surface area contributed by atoms with Gasteiger partial charge in [0.15, 0.2) is 0 Å². The third kappa shape index (κ3) is 3.17. The SMILES string of the molecule is Oc1c(Br)cc(C=Cc2ccccn2)cc1Br. The van der Waals surface area contributed by atoms with Gasteiger partial charge in [-0.15, -0.1) is 0 Å². The molecule has 0 amide bonds. The zero-order valence-corrected chi connectivity index (χ0v) is 11.9. The van der Waals surface area contributed by atoms with Crippen LogP contribution in [0, 0.1) is 0 Å². The molecule has 0 aliphatic rings. The molecule has 86 valence electrons. The topological polar surface area (TPSA) is 33.1 Å². The van der Waals surface area contributed by atoms with Crippen molar-refractivity contribution >= 4 is 44.0 Å². The molecule has 0 aliphatic heterocycles. The molecule has 0 atom stereocenters. The van der Waals surface area contributed by atoms with E-state index in [1.807, 2.05) is 42.5 Å². The number of hydrogen-bond acceptors (Lipinski definition) is 2. The van der Waals surface area contributed by atoms with Crippen LogP contribution in [0.4, 0.5) is 0 Å². The molecule has 1 aromatic carbocycles. The van der Waals surface area contributed by atoms with Crippen LogP contribution < -0.4 is 0 Å². The van der Waals surface area contributed by atoms with E-state index in [1.165, 1.54) is 0 Å². The standard InChI is InChI=1S/C13H9Br2NO/c14-11-7-9(8-12(15)13(11)17)4-5-10-3-1-2-6-16-10/h1-8,17H. The molecule has 1 aromatic heterocycles. The molecule has 1 N–H and O–H groups in total. The monoisotopic (exact) mass is 353 g/mol. The van der Waals surface area contributed by atoms with Crippen LogP contribution in [-0.4, -0.2) is 10.1 Å². The molecule has 0 aliphatic carbocycles. The molecule has 1 heterocycles. The number of nitrogens with zero attached hydrogens (tertiary/aromatic N) is 1. The predicted octanol–water partition coefficient (Wildman–Crippen LogP) is 4.48. The van der Waals surface area contributed by atoms with E-state index in [1.54, 1.807) is 6.20 Å². The Morgan fingerprint density at radius 3 is 2.35 bits per heavy atom. The molecule has 2 nitrogen and oxygen atoms in total. The fraction of sp³-hybridized carbons (Fsp3) is 0. The van der Waals surface area contributed by atoms with E-state index in [0.29, 0.717) is 8.95 Å². The lowest BCUT2D eigenvalue weighted by Gasteiger charge is -2.02. The van der Waals surface area contributed by atoms with Crippen LogP contribution in [0.3, 0.4) is 0 Å². The normalized spacial score (nSPS) is 10.9. The van der Waals surface area contributed by atoms with Gasteiger partial charge in [0.25, 0.3) is 0 Å². The molecule has 4 heteroatoms. The first-order valence-corrected chi connectivity index (χ1v) is 6.52. The summed E-state index contributed by atoms with van der Waals surface area (Å²) >= 11 is 6.59. The number of aromatic hydroxyl groups is 1. The van der Waals surface area contributed by atoms with Crippen LogP contribution in [0.2, 0.25) is 0 Å². The second kappa shape index (κ2) is 5.47. The van der Waals surface area contributed by atoms with E-state index in [4.69, 9.17) is 0 Å². The van der Waals surface area contributed by atoms with Gasteiger partial charge in [-0.2, -0.15) is 0 Å². The molecule has 0 bridgehead atoms. The average molecular weight is 355 g/mol. The van der Waals surface area contributed by atoms with Crippen molar-refractivity contribution in [1.82, 2.24) is 4.98 Å². The summed E-state index contributed by atoms with van der Waals surface area (Å²) < 4.78 is 1.32. The lowest BCUT2D eigenvalue weighted by atomic mass is 10.2. The number of rotatable bonds is 2. The summed E-state index contributed by atoms with van der Waals surface area (Å²) in [6, 6.07) is 9.44. The first-order chi connectivity index (χ1) is 8.16. The lowest BCUT2D eigenvalue weighted by molar-refractivity contribution is 0.468. The number of halogens is 2. The van der Waals surface area contributed by atoms with Gasteiger partial charge in [0, 0.05) is 6.20 Å². The van der Waals surface area contributed by atoms with Crippen molar-refractivity contribution < 1.29 is 5.11 Å². The van der Waals surface area contributed by atoms with Crippen molar-refractivity contribution in [3.05, 3.63) is 56.7 Å². The number of phenolic OH excluding ortho intramolecular Hbond substituents is 1.